The first-order valence-electron chi connectivity index (χ1n) is 8.68. The molecule has 0 amide bonds. The molecule has 1 aromatic heterocycles. The summed E-state index contributed by atoms with van der Waals surface area (Å²) in [4.78, 5) is 13.4. The summed E-state index contributed by atoms with van der Waals surface area (Å²) in [6, 6.07) is 5.94. The third-order valence-corrected chi connectivity index (χ3v) is 2.17. The molecular formula is C19H38IrN2O2P3+4. The van der Waals surface area contributed by atoms with Crippen LogP contribution in [0, 0.1) is 0 Å². The van der Waals surface area contributed by atoms with Gasteiger partial charge in [-0.2, -0.15) is 0 Å². The fourth-order valence-corrected chi connectivity index (χ4v) is 1.46. The number of nitrogens with one attached hydrogen (secondary N) is 2. The van der Waals surface area contributed by atoms with Gasteiger partial charge in [-0.05, 0) is 35.4 Å². The maximum atomic E-state index is 10.5. The number of aliphatic carboxylic acids is 1. The zero-order valence-corrected chi connectivity index (χ0v) is 23.5. The molecule has 1 heterocycles. The van der Waals surface area contributed by atoms with E-state index in [2.05, 4.69) is 65.0 Å². The average molecular weight is 612 g/mol. The monoisotopic (exact) mass is 612 g/mol. The van der Waals surface area contributed by atoms with Crippen LogP contribution in [-0.4, -0.2) is 70.9 Å². The molecule has 0 radical (unpaired) electrons. The standard InChI is InChI=1S/C10H9N2O2.3C3H9P.Ir/c11-9(10(13)14)7-5-12-8-4-2-1-3-6(7)8;3*1-4(2)3;/h1-5,9,11-12H,(H,13,14);3*1-3H3;/q-1;;;;+3/p+2. The van der Waals surface area contributed by atoms with Gasteiger partial charge in [0.25, 0.3) is 0 Å². The summed E-state index contributed by atoms with van der Waals surface area (Å²) < 4.78 is 0. The van der Waals surface area contributed by atoms with Gasteiger partial charge < -0.3 is 20.6 Å². The van der Waals surface area contributed by atoms with Crippen molar-refractivity contribution in [3.63, 3.8) is 0 Å². The van der Waals surface area contributed by atoms with Crippen molar-refractivity contribution < 1.29 is 30.0 Å². The smallest absolute Gasteiger partial charge is 0.666 e. The Morgan fingerprint density at radius 2 is 1.30 bits per heavy atom. The number of aromatic nitrogens is 1. The molecule has 0 bridgehead atoms. The summed E-state index contributed by atoms with van der Waals surface area (Å²) in [7, 11) is 0.361. The summed E-state index contributed by atoms with van der Waals surface area (Å²) >= 11 is 0. The molecule has 27 heavy (non-hydrogen) atoms. The second-order valence-corrected chi connectivity index (χ2v) is 16.5. The van der Waals surface area contributed by atoms with Gasteiger partial charge >= 0.3 is 20.1 Å². The van der Waals surface area contributed by atoms with Crippen LogP contribution >= 0.6 is 23.8 Å². The molecule has 2 aromatic rings. The molecular weight excluding hydrogens is 573 g/mol. The molecule has 156 valence electrons. The number of hydrogen-bond donors (Lipinski definition) is 1. The normalized spacial score (nSPS) is 10.7. The predicted molar refractivity (Wildman–Crippen MR) is 129 cm³/mol. The summed E-state index contributed by atoms with van der Waals surface area (Å²) in [5.74, 6) is -1.38. The Bertz CT molecular complexity index is 597. The number of rotatable bonds is 2. The molecule has 0 aliphatic carbocycles. The van der Waals surface area contributed by atoms with E-state index < -0.39 is 12.0 Å². The van der Waals surface area contributed by atoms with Crippen LogP contribution in [0.4, 0.5) is 0 Å². The number of H-pyrrole nitrogens is 1. The van der Waals surface area contributed by atoms with Gasteiger partial charge in [-0.15, -0.1) is 0 Å². The Morgan fingerprint density at radius 1 is 0.926 bits per heavy atom. The zero-order chi connectivity index (χ0) is 20.9. The quantitative estimate of drug-likeness (QED) is 0.515. The van der Waals surface area contributed by atoms with Crippen LogP contribution in [0.2, 0.25) is 0 Å². The van der Waals surface area contributed by atoms with E-state index in [4.69, 9.17) is 5.73 Å². The second-order valence-electron chi connectivity index (χ2n) is 7.54. The number of carboxylic acids is 1. The number of benzene rings is 1. The molecule has 1 atom stereocenters. The predicted octanol–water partition coefficient (Wildman–Crippen LogP) is 4.28. The van der Waals surface area contributed by atoms with Crippen molar-refractivity contribution in [3.8, 4) is 0 Å². The van der Waals surface area contributed by atoms with Gasteiger partial charge in [0, 0.05) is 83.1 Å². The molecule has 1 aromatic carbocycles. The molecule has 2 rings (SSSR count). The van der Waals surface area contributed by atoms with E-state index in [9.17, 15) is 9.90 Å². The van der Waals surface area contributed by atoms with Gasteiger partial charge in [-0.3, -0.25) is 0 Å². The van der Waals surface area contributed by atoms with E-state index in [0.717, 1.165) is 10.9 Å². The second kappa shape index (κ2) is 18.2. The van der Waals surface area contributed by atoms with Crippen LogP contribution < -0.4 is 5.11 Å². The molecule has 0 fully saturated rings. The Balaban J connectivity index is -0.000000371. The Hall–Kier alpha value is 0.129. The topological polar surface area (TPSA) is 79.7 Å². The van der Waals surface area contributed by atoms with E-state index in [1.807, 2.05) is 18.2 Å². The van der Waals surface area contributed by atoms with Gasteiger partial charge in [-0.1, -0.05) is 24.2 Å². The van der Waals surface area contributed by atoms with Crippen molar-refractivity contribution in [1.82, 2.24) is 4.98 Å². The van der Waals surface area contributed by atoms with E-state index in [1.165, 1.54) is 6.20 Å². The number of hydrogen-bond acceptors (Lipinski definition) is 2. The van der Waals surface area contributed by atoms with Crippen LogP contribution in [0.1, 0.15) is 11.6 Å². The molecule has 4 nitrogen and oxygen atoms in total. The van der Waals surface area contributed by atoms with Crippen molar-refractivity contribution in [2.45, 2.75) is 6.04 Å². The first-order chi connectivity index (χ1) is 11.9. The van der Waals surface area contributed by atoms with E-state index in [1.54, 1.807) is 6.07 Å². The Labute approximate surface area is 183 Å². The van der Waals surface area contributed by atoms with Gasteiger partial charge in [0.1, 0.15) is 0 Å². The SMILES string of the molecule is C[PH+](C)C.C[PH+](C)C.C[PH+](C)C.[Ir+3].[NH-]C(C(=O)[O-])c1c[nH]c2ccccc12. The largest absolute Gasteiger partial charge is 3.00 e. The van der Waals surface area contributed by atoms with Crippen LogP contribution in [-0.2, 0) is 24.9 Å². The minimum absolute atomic E-state index is 0. The van der Waals surface area contributed by atoms with Crippen molar-refractivity contribution in [2.75, 3.05) is 60.0 Å². The minimum atomic E-state index is -1.38. The van der Waals surface area contributed by atoms with E-state index in [0.29, 0.717) is 5.56 Å². The summed E-state index contributed by atoms with van der Waals surface area (Å²) in [6.07, 6.45) is 1.54. The van der Waals surface area contributed by atoms with Gasteiger partial charge in [0.05, 0.1) is 0 Å². The van der Waals surface area contributed by atoms with Crippen LogP contribution in [0.5, 0.6) is 0 Å². The number of carbonyl (C=O) groups is 1. The zero-order valence-electron chi connectivity index (χ0n) is 18.1. The average Bonchev–Trinajstić information content (AvgIpc) is 2.88. The number of aromatic amines is 1. The molecule has 0 spiro atoms. The van der Waals surface area contributed by atoms with Gasteiger partial charge in [0.15, 0.2) is 0 Å². The fourth-order valence-electron chi connectivity index (χ4n) is 1.46. The minimum Gasteiger partial charge on any atom is -0.666 e. The number of para-hydroxylation sites is 1. The molecule has 0 aliphatic heterocycles. The number of fused-ring (bicyclic) bond motifs is 1. The first-order valence-corrected chi connectivity index (χ1v) is 17.7. The number of carboxylic acid groups (broad SMARTS) is 1. The Kier molecular flexibility index (Phi) is 21.4. The molecule has 0 saturated heterocycles. The molecule has 0 saturated carbocycles. The van der Waals surface area contributed by atoms with E-state index >= 15 is 0 Å². The van der Waals surface area contributed by atoms with Gasteiger partial charge in [0.2, 0.25) is 0 Å². The van der Waals surface area contributed by atoms with E-state index in [-0.39, 0.29) is 43.9 Å². The first kappa shape index (κ1) is 31.8. The maximum absolute atomic E-state index is 10.5. The molecule has 0 aliphatic rings. The van der Waals surface area contributed by atoms with Crippen LogP contribution in [0.25, 0.3) is 16.6 Å². The summed E-state index contributed by atoms with van der Waals surface area (Å²) in [5.41, 5.74) is 8.66. The summed E-state index contributed by atoms with van der Waals surface area (Å²) in [6.45, 7) is 20.4. The fraction of sp³-hybridized carbons (Fsp3) is 0.526. The van der Waals surface area contributed by atoms with Gasteiger partial charge in [-0.25, -0.2) is 0 Å². The van der Waals surface area contributed by atoms with Crippen LogP contribution in [0.15, 0.2) is 30.5 Å². The maximum Gasteiger partial charge on any atom is 3.00 e. The molecule has 1 unspecified atom stereocenters. The Morgan fingerprint density at radius 3 is 1.67 bits per heavy atom. The molecule has 8 heteroatoms. The van der Waals surface area contributed by atoms with Crippen LogP contribution in [0.3, 0.4) is 0 Å². The molecule has 2 N–H and O–H groups in total. The van der Waals surface area contributed by atoms with Crippen molar-refractivity contribution in [1.29, 1.82) is 0 Å². The number of carbonyl (C=O) groups excluding carboxylic acids is 1. The summed E-state index contributed by atoms with van der Waals surface area (Å²) in [5, 5.41) is 11.3. The third kappa shape index (κ3) is 19.2. The van der Waals surface area contributed by atoms with Crippen molar-refractivity contribution >= 4 is 40.6 Å². The van der Waals surface area contributed by atoms with Crippen molar-refractivity contribution in [2.24, 2.45) is 0 Å². The van der Waals surface area contributed by atoms with Crippen molar-refractivity contribution in [3.05, 3.63) is 41.8 Å². The third-order valence-electron chi connectivity index (χ3n) is 2.17.